The van der Waals surface area contributed by atoms with Crippen LogP contribution in [-0.2, 0) is 0 Å². The highest BCUT2D eigenvalue weighted by atomic mass is 14.3. The van der Waals surface area contributed by atoms with Crippen molar-refractivity contribution < 1.29 is 0 Å². The molecule has 1 aliphatic rings. The Balaban J connectivity index is 2.26. The van der Waals surface area contributed by atoms with Crippen LogP contribution in [0.25, 0.3) is 0 Å². The molecule has 0 radical (unpaired) electrons. The third-order valence-electron chi connectivity index (χ3n) is 2.78. The van der Waals surface area contributed by atoms with Crippen LogP contribution >= 0.6 is 0 Å². The fourth-order valence-electron chi connectivity index (χ4n) is 1.56. The zero-order valence-electron chi connectivity index (χ0n) is 7.51. The Morgan fingerprint density at radius 2 is 2.09 bits per heavy atom. The van der Waals surface area contributed by atoms with Crippen molar-refractivity contribution >= 4 is 0 Å². The average molecular weight is 151 g/mol. The molecule has 0 bridgehead atoms. The van der Waals surface area contributed by atoms with Gasteiger partial charge in [0.05, 0.1) is 6.07 Å². The molecule has 1 heteroatoms. The minimum absolute atomic E-state index is 0.306. The lowest BCUT2D eigenvalue weighted by Gasteiger charge is -2.28. The summed E-state index contributed by atoms with van der Waals surface area (Å²) in [6.45, 7) is 4.29. The normalized spacial score (nSPS) is 20.9. The van der Waals surface area contributed by atoms with Gasteiger partial charge in [0.25, 0.3) is 0 Å². The van der Waals surface area contributed by atoms with Gasteiger partial charge < -0.3 is 0 Å². The Kier molecular flexibility index (Phi) is 2.93. The first kappa shape index (κ1) is 8.59. The van der Waals surface area contributed by atoms with Crippen LogP contribution in [0, 0.1) is 29.1 Å². The van der Waals surface area contributed by atoms with E-state index in [1.165, 1.54) is 19.3 Å². The Bertz CT molecular complexity index is 151. The molecule has 0 N–H and O–H groups in total. The van der Waals surface area contributed by atoms with Gasteiger partial charge in [-0.25, -0.2) is 0 Å². The Morgan fingerprint density at radius 1 is 1.45 bits per heavy atom. The molecule has 1 saturated carbocycles. The van der Waals surface area contributed by atoms with Gasteiger partial charge in [-0.3, -0.25) is 0 Å². The Morgan fingerprint density at radius 3 is 2.36 bits per heavy atom. The van der Waals surface area contributed by atoms with Gasteiger partial charge in [-0.1, -0.05) is 33.1 Å². The summed E-state index contributed by atoms with van der Waals surface area (Å²) in [7, 11) is 0. The van der Waals surface area contributed by atoms with Crippen LogP contribution in [0.2, 0.25) is 0 Å². The lowest BCUT2D eigenvalue weighted by atomic mass is 9.77. The summed E-state index contributed by atoms with van der Waals surface area (Å²) in [5.74, 6) is 1.72. The van der Waals surface area contributed by atoms with Crippen molar-refractivity contribution in [1.82, 2.24) is 0 Å². The van der Waals surface area contributed by atoms with E-state index >= 15 is 0 Å². The smallest absolute Gasteiger partial charge is 0.0658 e. The average Bonchev–Trinajstić information content (AvgIpc) is 1.85. The molecule has 0 heterocycles. The van der Waals surface area contributed by atoms with Crippen molar-refractivity contribution in [3.05, 3.63) is 0 Å². The largest absolute Gasteiger partial charge is 0.198 e. The zero-order valence-corrected chi connectivity index (χ0v) is 7.51. The van der Waals surface area contributed by atoms with Crippen LogP contribution in [-0.4, -0.2) is 0 Å². The number of rotatable bonds is 3. The minimum Gasteiger partial charge on any atom is -0.198 e. The molecule has 1 aliphatic carbocycles. The first-order chi connectivity index (χ1) is 5.24. The Labute approximate surface area is 69.4 Å². The van der Waals surface area contributed by atoms with Crippen LogP contribution in [0.4, 0.5) is 0 Å². The number of hydrogen-bond acceptors (Lipinski definition) is 1. The van der Waals surface area contributed by atoms with Crippen molar-refractivity contribution in [1.29, 1.82) is 5.26 Å². The zero-order chi connectivity index (χ0) is 8.27. The van der Waals surface area contributed by atoms with Crippen LogP contribution in [0.5, 0.6) is 0 Å². The van der Waals surface area contributed by atoms with E-state index in [1.54, 1.807) is 0 Å². The van der Waals surface area contributed by atoms with E-state index in [0.717, 1.165) is 12.3 Å². The second-order valence-electron chi connectivity index (χ2n) is 4.01. The molecule has 1 fully saturated rings. The number of hydrogen-bond donors (Lipinski definition) is 0. The van der Waals surface area contributed by atoms with E-state index in [-0.39, 0.29) is 0 Å². The topological polar surface area (TPSA) is 23.8 Å². The third kappa shape index (κ3) is 2.22. The van der Waals surface area contributed by atoms with E-state index in [9.17, 15) is 0 Å². The summed E-state index contributed by atoms with van der Waals surface area (Å²) in [6, 6.07) is 2.40. The van der Waals surface area contributed by atoms with E-state index in [4.69, 9.17) is 5.26 Å². The van der Waals surface area contributed by atoms with Crippen LogP contribution in [0.3, 0.4) is 0 Å². The molecule has 0 aromatic rings. The van der Waals surface area contributed by atoms with Crippen molar-refractivity contribution in [3.63, 3.8) is 0 Å². The van der Waals surface area contributed by atoms with E-state index in [0.29, 0.717) is 11.8 Å². The molecule has 1 rings (SSSR count). The molecule has 0 saturated heterocycles. The highest BCUT2D eigenvalue weighted by molar-refractivity contribution is 4.88. The number of nitriles is 1. The quantitative estimate of drug-likeness (QED) is 0.608. The van der Waals surface area contributed by atoms with E-state index in [1.807, 2.05) is 0 Å². The van der Waals surface area contributed by atoms with Gasteiger partial charge in [0.1, 0.15) is 0 Å². The maximum atomic E-state index is 8.81. The first-order valence-corrected chi connectivity index (χ1v) is 4.63. The predicted octanol–water partition coefficient (Wildman–Crippen LogP) is 2.97. The molecule has 0 aliphatic heterocycles. The fourth-order valence-corrected chi connectivity index (χ4v) is 1.56. The van der Waals surface area contributed by atoms with E-state index < -0.39 is 0 Å². The molecule has 1 nitrogen and oxygen atoms in total. The molecule has 11 heavy (non-hydrogen) atoms. The van der Waals surface area contributed by atoms with Gasteiger partial charge >= 0.3 is 0 Å². The summed E-state index contributed by atoms with van der Waals surface area (Å²) in [4.78, 5) is 0. The number of nitrogens with zero attached hydrogens (tertiary/aromatic N) is 1. The summed E-state index contributed by atoms with van der Waals surface area (Å²) in [5, 5.41) is 8.81. The minimum atomic E-state index is 0.306. The SMILES string of the molecule is CC(C)C(C#N)CC1CCC1. The van der Waals surface area contributed by atoms with Crippen LogP contribution in [0.15, 0.2) is 0 Å². The van der Waals surface area contributed by atoms with E-state index in [2.05, 4.69) is 19.9 Å². The van der Waals surface area contributed by atoms with Crippen molar-refractivity contribution in [2.45, 2.75) is 39.5 Å². The lowest BCUT2D eigenvalue weighted by molar-refractivity contribution is 0.247. The standard InChI is InChI=1S/C10H17N/c1-8(2)10(7-11)6-9-4-3-5-9/h8-10H,3-6H2,1-2H3. The van der Waals surface area contributed by atoms with Crippen LogP contribution < -0.4 is 0 Å². The molecule has 0 aromatic carbocycles. The highest BCUT2D eigenvalue weighted by Crippen LogP contribution is 2.33. The summed E-state index contributed by atoms with van der Waals surface area (Å²) in [5.41, 5.74) is 0. The molecule has 62 valence electrons. The fraction of sp³-hybridized carbons (Fsp3) is 0.900. The van der Waals surface area contributed by atoms with Gasteiger partial charge in [0.15, 0.2) is 0 Å². The van der Waals surface area contributed by atoms with Gasteiger partial charge in [0, 0.05) is 5.92 Å². The first-order valence-electron chi connectivity index (χ1n) is 4.63. The molecular formula is C10H17N. The summed E-state index contributed by atoms with van der Waals surface area (Å²) < 4.78 is 0. The summed E-state index contributed by atoms with van der Waals surface area (Å²) >= 11 is 0. The molecule has 1 unspecified atom stereocenters. The molecule has 0 amide bonds. The van der Waals surface area contributed by atoms with Crippen molar-refractivity contribution in [2.75, 3.05) is 0 Å². The maximum Gasteiger partial charge on any atom is 0.0658 e. The molecular weight excluding hydrogens is 134 g/mol. The Hall–Kier alpha value is -0.510. The predicted molar refractivity (Wildman–Crippen MR) is 45.9 cm³/mol. The van der Waals surface area contributed by atoms with Gasteiger partial charge in [-0.05, 0) is 18.3 Å². The van der Waals surface area contributed by atoms with Crippen LogP contribution in [0.1, 0.15) is 39.5 Å². The third-order valence-corrected chi connectivity index (χ3v) is 2.78. The lowest BCUT2D eigenvalue weighted by Crippen LogP contribution is -2.18. The molecule has 1 atom stereocenters. The van der Waals surface area contributed by atoms with Gasteiger partial charge in [-0.15, -0.1) is 0 Å². The van der Waals surface area contributed by atoms with Crippen molar-refractivity contribution in [3.8, 4) is 6.07 Å². The summed E-state index contributed by atoms with van der Waals surface area (Å²) in [6.07, 6.45) is 5.27. The highest BCUT2D eigenvalue weighted by Gasteiger charge is 2.23. The second kappa shape index (κ2) is 3.76. The monoisotopic (exact) mass is 151 g/mol. The van der Waals surface area contributed by atoms with Gasteiger partial charge in [-0.2, -0.15) is 5.26 Å². The molecule has 0 aromatic heterocycles. The second-order valence-corrected chi connectivity index (χ2v) is 4.01. The van der Waals surface area contributed by atoms with Crippen molar-refractivity contribution in [2.24, 2.45) is 17.8 Å². The van der Waals surface area contributed by atoms with Gasteiger partial charge in [0.2, 0.25) is 0 Å². The molecule has 0 spiro atoms. The maximum absolute atomic E-state index is 8.81.